The standard InChI is InChI=1S/C11H23N3OS/c1-3-13-11(15)10-9-12-5-6-14(10)7-8-16-4-2/h10,12H,3-9H2,1-2H3,(H,13,15). The molecule has 0 aliphatic carbocycles. The van der Waals surface area contributed by atoms with Gasteiger partial charge in [0.05, 0.1) is 0 Å². The van der Waals surface area contributed by atoms with Crippen molar-refractivity contribution in [3.05, 3.63) is 0 Å². The fourth-order valence-electron chi connectivity index (χ4n) is 1.89. The van der Waals surface area contributed by atoms with E-state index >= 15 is 0 Å². The Hall–Kier alpha value is -0.260. The topological polar surface area (TPSA) is 44.4 Å². The van der Waals surface area contributed by atoms with Crippen LogP contribution in [0.25, 0.3) is 0 Å². The number of hydrogen-bond donors (Lipinski definition) is 2. The molecule has 0 aromatic carbocycles. The normalized spacial score (nSPS) is 22.0. The lowest BCUT2D eigenvalue weighted by atomic mass is 10.2. The Bertz CT molecular complexity index is 213. The number of rotatable bonds is 6. The molecule has 0 spiro atoms. The van der Waals surface area contributed by atoms with Gasteiger partial charge >= 0.3 is 0 Å². The molecule has 0 aromatic rings. The molecule has 1 saturated heterocycles. The van der Waals surface area contributed by atoms with Gasteiger partial charge in [-0.1, -0.05) is 6.92 Å². The van der Waals surface area contributed by atoms with Crippen molar-refractivity contribution in [2.45, 2.75) is 19.9 Å². The maximum Gasteiger partial charge on any atom is 0.238 e. The predicted octanol–water partition coefficient (Wildman–Crippen LogP) is 0.149. The first kappa shape index (κ1) is 13.8. The van der Waals surface area contributed by atoms with E-state index in [0.29, 0.717) is 6.54 Å². The zero-order chi connectivity index (χ0) is 11.8. The second-order valence-electron chi connectivity index (χ2n) is 3.85. The Kier molecular flexibility index (Phi) is 6.84. The van der Waals surface area contributed by atoms with Crippen LogP contribution in [0.1, 0.15) is 13.8 Å². The minimum absolute atomic E-state index is 0.0196. The van der Waals surface area contributed by atoms with Gasteiger partial charge in [-0.3, -0.25) is 9.69 Å². The van der Waals surface area contributed by atoms with E-state index < -0.39 is 0 Å². The number of piperazine rings is 1. The van der Waals surface area contributed by atoms with Gasteiger partial charge in [0, 0.05) is 38.5 Å². The molecule has 16 heavy (non-hydrogen) atoms. The van der Waals surface area contributed by atoms with Crippen LogP contribution in [0.3, 0.4) is 0 Å². The minimum atomic E-state index is 0.0196. The van der Waals surface area contributed by atoms with E-state index in [2.05, 4.69) is 22.5 Å². The van der Waals surface area contributed by atoms with Crippen molar-refractivity contribution in [3.63, 3.8) is 0 Å². The monoisotopic (exact) mass is 245 g/mol. The third kappa shape index (κ3) is 4.31. The summed E-state index contributed by atoms with van der Waals surface area (Å²) < 4.78 is 0. The average molecular weight is 245 g/mol. The fourth-order valence-corrected chi connectivity index (χ4v) is 2.54. The zero-order valence-electron chi connectivity index (χ0n) is 10.3. The summed E-state index contributed by atoms with van der Waals surface area (Å²) in [5, 5.41) is 6.19. The summed E-state index contributed by atoms with van der Waals surface area (Å²) >= 11 is 1.94. The zero-order valence-corrected chi connectivity index (χ0v) is 11.1. The number of carbonyl (C=O) groups excluding carboxylic acids is 1. The Labute approximate surface area is 103 Å². The maximum atomic E-state index is 11.8. The van der Waals surface area contributed by atoms with E-state index in [1.54, 1.807) is 0 Å². The van der Waals surface area contributed by atoms with E-state index in [1.165, 1.54) is 0 Å². The van der Waals surface area contributed by atoms with Crippen LogP contribution in [0.2, 0.25) is 0 Å². The van der Waals surface area contributed by atoms with E-state index in [0.717, 1.165) is 37.7 Å². The fraction of sp³-hybridized carbons (Fsp3) is 0.909. The van der Waals surface area contributed by atoms with Crippen LogP contribution < -0.4 is 10.6 Å². The third-order valence-electron chi connectivity index (χ3n) is 2.73. The van der Waals surface area contributed by atoms with Gasteiger partial charge < -0.3 is 10.6 Å². The van der Waals surface area contributed by atoms with E-state index in [1.807, 2.05) is 18.7 Å². The van der Waals surface area contributed by atoms with Crippen LogP contribution >= 0.6 is 11.8 Å². The number of likely N-dealkylation sites (N-methyl/N-ethyl adjacent to an activating group) is 1. The SMILES string of the molecule is CCNC(=O)C1CNCCN1CCSCC. The largest absolute Gasteiger partial charge is 0.355 e. The van der Waals surface area contributed by atoms with Crippen molar-refractivity contribution in [1.82, 2.24) is 15.5 Å². The van der Waals surface area contributed by atoms with Gasteiger partial charge in [0.15, 0.2) is 0 Å². The highest BCUT2D eigenvalue weighted by Crippen LogP contribution is 2.06. The predicted molar refractivity (Wildman–Crippen MR) is 69.9 cm³/mol. The second-order valence-corrected chi connectivity index (χ2v) is 5.24. The molecule has 1 fully saturated rings. The first-order valence-electron chi connectivity index (χ1n) is 6.09. The van der Waals surface area contributed by atoms with Crippen LogP contribution in [0, 0.1) is 0 Å². The van der Waals surface area contributed by atoms with Crippen molar-refractivity contribution >= 4 is 17.7 Å². The van der Waals surface area contributed by atoms with E-state index in [-0.39, 0.29) is 11.9 Å². The van der Waals surface area contributed by atoms with Gasteiger partial charge in [-0.2, -0.15) is 11.8 Å². The Morgan fingerprint density at radius 1 is 1.56 bits per heavy atom. The first-order valence-corrected chi connectivity index (χ1v) is 7.25. The van der Waals surface area contributed by atoms with Gasteiger partial charge in [-0.05, 0) is 12.7 Å². The lowest BCUT2D eigenvalue weighted by Crippen LogP contribution is -2.58. The number of nitrogens with zero attached hydrogens (tertiary/aromatic N) is 1. The molecule has 0 radical (unpaired) electrons. The van der Waals surface area contributed by atoms with Gasteiger partial charge in [0.25, 0.3) is 0 Å². The van der Waals surface area contributed by atoms with Crippen LogP contribution in [-0.2, 0) is 4.79 Å². The number of amides is 1. The first-order chi connectivity index (χ1) is 7.79. The van der Waals surface area contributed by atoms with Gasteiger partial charge in [-0.15, -0.1) is 0 Å². The summed E-state index contributed by atoms with van der Waals surface area (Å²) in [5.74, 6) is 2.43. The molecule has 2 N–H and O–H groups in total. The lowest BCUT2D eigenvalue weighted by molar-refractivity contribution is -0.126. The molecule has 1 aliphatic rings. The highest BCUT2D eigenvalue weighted by Gasteiger charge is 2.27. The molecule has 1 unspecified atom stereocenters. The molecular formula is C11H23N3OS. The van der Waals surface area contributed by atoms with Crippen molar-refractivity contribution < 1.29 is 4.79 Å². The van der Waals surface area contributed by atoms with Crippen molar-refractivity contribution in [1.29, 1.82) is 0 Å². The van der Waals surface area contributed by atoms with E-state index in [9.17, 15) is 4.79 Å². The minimum Gasteiger partial charge on any atom is -0.355 e. The summed E-state index contributed by atoms with van der Waals surface area (Å²) in [5.41, 5.74) is 0. The highest BCUT2D eigenvalue weighted by atomic mass is 32.2. The summed E-state index contributed by atoms with van der Waals surface area (Å²) in [6, 6.07) is 0.0196. The van der Waals surface area contributed by atoms with Crippen molar-refractivity contribution in [3.8, 4) is 0 Å². The summed E-state index contributed by atoms with van der Waals surface area (Å²) in [6.45, 7) is 8.62. The molecule has 1 atom stereocenters. The molecule has 1 rings (SSSR count). The molecule has 5 heteroatoms. The van der Waals surface area contributed by atoms with Crippen LogP contribution in [0.4, 0.5) is 0 Å². The summed E-state index contributed by atoms with van der Waals surface area (Å²) in [4.78, 5) is 14.1. The highest BCUT2D eigenvalue weighted by molar-refractivity contribution is 7.99. The Morgan fingerprint density at radius 2 is 2.38 bits per heavy atom. The lowest BCUT2D eigenvalue weighted by Gasteiger charge is -2.34. The van der Waals surface area contributed by atoms with Gasteiger partial charge in [0.2, 0.25) is 5.91 Å². The quantitative estimate of drug-likeness (QED) is 0.654. The molecule has 0 aromatic heterocycles. The molecular weight excluding hydrogens is 222 g/mol. The number of carbonyl (C=O) groups is 1. The molecule has 1 amide bonds. The van der Waals surface area contributed by atoms with Crippen molar-refractivity contribution in [2.24, 2.45) is 0 Å². The number of thioether (sulfide) groups is 1. The van der Waals surface area contributed by atoms with Gasteiger partial charge in [-0.25, -0.2) is 0 Å². The Morgan fingerprint density at radius 3 is 3.06 bits per heavy atom. The molecule has 94 valence electrons. The van der Waals surface area contributed by atoms with Gasteiger partial charge in [0.1, 0.15) is 6.04 Å². The second kappa shape index (κ2) is 7.92. The summed E-state index contributed by atoms with van der Waals surface area (Å²) in [7, 11) is 0. The van der Waals surface area contributed by atoms with Crippen LogP contribution in [0.15, 0.2) is 0 Å². The van der Waals surface area contributed by atoms with E-state index in [4.69, 9.17) is 0 Å². The maximum absolute atomic E-state index is 11.8. The van der Waals surface area contributed by atoms with Crippen LogP contribution in [-0.4, -0.2) is 61.1 Å². The summed E-state index contributed by atoms with van der Waals surface area (Å²) in [6.07, 6.45) is 0. The molecule has 0 bridgehead atoms. The molecule has 4 nitrogen and oxygen atoms in total. The van der Waals surface area contributed by atoms with Crippen LogP contribution in [0.5, 0.6) is 0 Å². The number of hydrogen-bond acceptors (Lipinski definition) is 4. The molecule has 0 saturated carbocycles. The smallest absolute Gasteiger partial charge is 0.238 e. The number of nitrogens with one attached hydrogen (secondary N) is 2. The third-order valence-corrected chi connectivity index (χ3v) is 3.61. The van der Waals surface area contributed by atoms with Crippen molar-refractivity contribution in [2.75, 3.05) is 44.2 Å². The molecule has 1 heterocycles. The average Bonchev–Trinajstić information content (AvgIpc) is 2.30. The molecule has 1 aliphatic heterocycles. The Balaban J connectivity index is 2.40.